The molecule has 1 spiro atoms. The molecule has 3 nitrogen and oxygen atoms in total. The Bertz CT molecular complexity index is 425. The van der Waals surface area contributed by atoms with Gasteiger partial charge in [0.25, 0.3) is 0 Å². The monoisotopic (exact) mass is 250 g/mol. The zero-order valence-electron chi connectivity index (χ0n) is 11.2. The van der Waals surface area contributed by atoms with Crippen LogP contribution in [0.25, 0.3) is 0 Å². The zero-order chi connectivity index (χ0) is 12.6. The average Bonchev–Trinajstić information content (AvgIpc) is 2.91. The fraction of sp³-hybridized carbons (Fsp3) is 0.867. The van der Waals surface area contributed by atoms with Gasteiger partial charge in [0.05, 0.1) is 19.3 Å². The Morgan fingerprint density at radius 2 is 1.83 bits per heavy atom. The third-order valence-corrected chi connectivity index (χ3v) is 6.69. The Morgan fingerprint density at radius 3 is 2.50 bits per heavy atom. The summed E-state index contributed by atoms with van der Waals surface area (Å²) >= 11 is 0. The van der Waals surface area contributed by atoms with E-state index in [1.54, 1.807) is 0 Å². The first-order valence-corrected chi connectivity index (χ1v) is 7.12. The molecule has 2 saturated carbocycles. The Morgan fingerprint density at radius 1 is 1.11 bits per heavy atom. The minimum absolute atomic E-state index is 0.0623. The van der Waals surface area contributed by atoms with E-state index in [2.05, 4.69) is 26.0 Å². The molecule has 1 heterocycles. The van der Waals surface area contributed by atoms with Crippen LogP contribution >= 0.6 is 0 Å². The predicted octanol–water partition coefficient (Wildman–Crippen LogP) is 2.25. The van der Waals surface area contributed by atoms with Crippen molar-refractivity contribution in [1.29, 1.82) is 0 Å². The van der Waals surface area contributed by atoms with Gasteiger partial charge in [0.15, 0.2) is 5.79 Å². The number of hydrogen-bond donors (Lipinski definition) is 1. The Kier molecular flexibility index (Phi) is 1.92. The molecule has 2 bridgehead atoms. The number of ether oxygens (including phenoxy) is 2. The van der Waals surface area contributed by atoms with E-state index < -0.39 is 0 Å². The topological polar surface area (TPSA) is 38.7 Å². The summed E-state index contributed by atoms with van der Waals surface area (Å²) in [5, 5.41) is 10.5. The molecule has 1 saturated heterocycles. The lowest BCUT2D eigenvalue weighted by atomic mass is 9.54. The van der Waals surface area contributed by atoms with Gasteiger partial charge in [-0.05, 0) is 18.3 Å². The van der Waals surface area contributed by atoms with Crippen LogP contribution in [0.2, 0.25) is 0 Å². The summed E-state index contributed by atoms with van der Waals surface area (Å²) < 4.78 is 11.8. The molecule has 0 aromatic carbocycles. The van der Waals surface area contributed by atoms with E-state index in [9.17, 15) is 5.11 Å². The molecule has 0 aromatic rings. The first-order chi connectivity index (χ1) is 8.46. The van der Waals surface area contributed by atoms with E-state index in [1.165, 1.54) is 0 Å². The maximum atomic E-state index is 10.5. The van der Waals surface area contributed by atoms with E-state index in [0.717, 1.165) is 38.9 Å². The normalized spacial score (nSPS) is 56.3. The van der Waals surface area contributed by atoms with Crippen molar-refractivity contribution in [3.05, 3.63) is 12.2 Å². The number of hydrogen-bond acceptors (Lipinski definition) is 3. The van der Waals surface area contributed by atoms with Crippen LogP contribution in [0, 0.1) is 16.2 Å². The van der Waals surface area contributed by atoms with Crippen LogP contribution in [0.3, 0.4) is 0 Å². The zero-order valence-corrected chi connectivity index (χ0v) is 11.2. The molecule has 0 aromatic heterocycles. The SMILES string of the molecule is C[C@@]12CCC3(C[C@]14C=C[C@@]2(C)[C@H](O)C4)OCCO3. The van der Waals surface area contributed by atoms with Crippen molar-refractivity contribution in [3.8, 4) is 0 Å². The molecule has 3 aliphatic carbocycles. The maximum Gasteiger partial charge on any atom is 0.169 e. The van der Waals surface area contributed by atoms with Gasteiger partial charge < -0.3 is 14.6 Å². The lowest BCUT2D eigenvalue weighted by molar-refractivity contribution is -0.219. The highest BCUT2D eigenvalue weighted by Gasteiger charge is 2.72. The molecular formula is C15H22O3. The van der Waals surface area contributed by atoms with Gasteiger partial charge in [-0.1, -0.05) is 26.0 Å². The largest absolute Gasteiger partial charge is 0.392 e. The van der Waals surface area contributed by atoms with Gasteiger partial charge in [0, 0.05) is 23.7 Å². The third kappa shape index (κ3) is 1.01. The summed E-state index contributed by atoms with van der Waals surface area (Å²) in [5.74, 6) is -0.362. The van der Waals surface area contributed by atoms with Crippen LogP contribution in [0.1, 0.15) is 39.5 Å². The van der Waals surface area contributed by atoms with Gasteiger partial charge in [-0.3, -0.25) is 0 Å². The average molecular weight is 250 g/mol. The van der Waals surface area contributed by atoms with Gasteiger partial charge >= 0.3 is 0 Å². The van der Waals surface area contributed by atoms with Crippen LogP contribution in [0.5, 0.6) is 0 Å². The molecule has 3 heteroatoms. The number of aliphatic hydroxyl groups excluding tert-OH is 1. The molecule has 4 rings (SSSR count). The van der Waals surface area contributed by atoms with Gasteiger partial charge in [0.1, 0.15) is 0 Å². The molecule has 1 aliphatic heterocycles. The molecule has 18 heavy (non-hydrogen) atoms. The second-order valence-electron chi connectivity index (χ2n) is 7.11. The Labute approximate surface area is 108 Å². The molecule has 4 atom stereocenters. The number of aliphatic hydroxyl groups is 1. The molecular weight excluding hydrogens is 228 g/mol. The van der Waals surface area contributed by atoms with E-state index in [-0.39, 0.29) is 28.1 Å². The van der Waals surface area contributed by atoms with Crippen LogP contribution in [0.4, 0.5) is 0 Å². The molecule has 1 N–H and O–H groups in total. The Balaban J connectivity index is 1.78. The van der Waals surface area contributed by atoms with Crippen LogP contribution in [-0.2, 0) is 9.47 Å². The fourth-order valence-corrected chi connectivity index (χ4v) is 5.16. The van der Waals surface area contributed by atoms with Gasteiger partial charge in [-0.25, -0.2) is 0 Å². The third-order valence-electron chi connectivity index (χ3n) is 6.69. The van der Waals surface area contributed by atoms with Crippen molar-refractivity contribution >= 4 is 0 Å². The molecule has 0 unspecified atom stereocenters. The highest BCUT2D eigenvalue weighted by molar-refractivity contribution is 5.34. The highest BCUT2D eigenvalue weighted by atomic mass is 16.7. The number of allylic oxidation sites excluding steroid dienone is 1. The van der Waals surface area contributed by atoms with Crippen molar-refractivity contribution in [2.75, 3.05) is 13.2 Å². The summed E-state index contributed by atoms with van der Waals surface area (Å²) in [6.45, 7) is 6.01. The standard InChI is InChI=1S/C15H22O3/c1-12-3-5-14(9-11(12)16)10-15(17-7-8-18-15)6-4-13(12,14)2/h3,5,11,16H,4,6-10H2,1-2H3/t11-,12+,13+,14-/m1/s1. The summed E-state index contributed by atoms with van der Waals surface area (Å²) in [6, 6.07) is 0. The van der Waals surface area contributed by atoms with Crippen LogP contribution in [0.15, 0.2) is 12.2 Å². The van der Waals surface area contributed by atoms with Gasteiger partial charge in [-0.2, -0.15) is 0 Å². The van der Waals surface area contributed by atoms with E-state index in [0.29, 0.717) is 0 Å². The van der Waals surface area contributed by atoms with Crippen molar-refractivity contribution in [2.24, 2.45) is 16.2 Å². The Hall–Kier alpha value is -0.380. The van der Waals surface area contributed by atoms with E-state index in [1.807, 2.05) is 0 Å². The lowest BCUT2D eigenvalue weighted by Gasteiger charge is -2.52. The van der Waals surface area contributed by atoms with E-state index >= 15 is 0 Å². The number of rotatable bonds is 0. The fourth-order valence-electron chi connectivity index (χ4n) is 5.16. The van der Waals surface area contributed by atoms with Gasteiger partial charge in [0.2, 0.25) is 0 Å². The second-order valence-corrected chi connectivity index (χ2v) is 7.11. The molecule has 4 aliphatic rings. The highest BCUT2D eigenvalue weighted by Crippen LogP contribution is 2.75. The quantitative estimate of drug-likeness (QED) is 0.670. The second kappa shape index (κ2) is 3.02. The summed E-state index contributed by atoms with van der Waals surface area (Å²) in [6.07, 6.45) is 8.22. The molecule has 0 amide bonds. The summed E-state index contributed by atoms with van der Waals surface area (Å²) in [7, 11) is 0. The molecule has 0 radical (unpaired) electrons. The first kappa shape index (κ1) is 11.4. The smallest absolute Gasteiger partial charge is 0.169 e. The van der Waals surface area contributed by atoms with Crippen molar-refractivity contribution < 1.29 is 14.6 Å². The lowest BCUT2D eigenvalue weighted by Crippen LogP contribution is -2.50. The summed E-state index contributed by atoms with van der Waals surface area (Å²) in [4.78, 5) is 0. The molecule has 3 fully saturated rings. The molecule has 100 valence electrons. The van der Waals surface area contributed by atoms with Crippen molar-refractivity contribution in [2.45, 2.75) is 51.4 Å². The minimum Gasteiger partial charge on any atom is -0.392 e. The van der Waals surface area contributed by atoms with Crippen LogP contribution in [-0.4, -0.2) is 30.2 Å². The van der Waals surface area contributed by atoms with Crippen molar-refractivity contribution in [1.82, 2.24) is 0 Å². The maximum absolute atomic E-state index is 10.5. The van der Waals surface area contributed by atoms with Crippen LogP contribution < -0.4 is 0 Å². The predicted molar refractivity (Wildman–Crippen MR) is 66.9 cm³/mol. The van der Waals surface area contributed by atoms with Gasteiger partial charge in [-0.15, -0.1) is 0 Å². The minimum atomic E-state index is -0.362. The van der Waals surface area contributed by atoms with Crippen molar-refractivity contribution in [3.63, 3.8) is 0 Å². The summed E-state index contributed by atoms with van der Waals surface area (Å²) in [5.41, 5.74) is 0.178. The first-order valence-electron chi connectivity index (χ1n) is 7.12. The van der Waals surface area contributed by atoms with E-state index in [4.69, 9.17) is 9.47 Å².